The summed E-state index contributed by atoms with van der Waals surface area (Å²) in [4.78, 5) is 12.6. The molecule has 146 valence electrons. The molecule has 0 unspecified atom stereocenters. The molecule has 0 atom stereocenters. The predicted molar refractivity (Wildman–Crippen MR) is 119 cm³/mol. The van der Waals surface area contributed by atoms with E-state index in [0.29, 0.717) is 16.4 Å². The second kappa shape index (κ2) is 7.89. The molecule has 0 aliphatic rings. The number of hydrogen-bond donors (Lipinski definition) is 1. The summed E-state index contributed by atoms with van der Waals surface area (Å²) in [6.07, 6.45) is 1.63. The van der Waals surface area contributed by atoms with Gasteiger partial charge in [-0.15, -0.1) is 0 Å². The third-order valence-electron chi connectivity index (χ3n) is 4.87. The second-order valence-corrected chi connectivity index (χ2v) is 10.2. The van der Waals surface area contributed by atoms with E-state index >= 15 is 0 Å². The Balaban J connectivity index is 2.39. The van der Waals surface area contributed by atoms with Crippen molar-refractivity contribution in [2.45, 2.75) is 20.8 Å². The van der Waals surface area contributed by atoms with E-state index in [9.17, 15) is 4.89 Å². The molecule has 0 fully saturated rings. The first-order valence-corrected chi connectivity index (χ1v) is 11.3. The summed E-state index contributed by atoms with van der Waals surface area (Å²) in [7, 11) is -4.52. The van der Waals surface area contributed by atoms with Crippen LogP contribution in [0.25, 0.3) is 0 Å². The third kappa shape index (κ3) is 3.49. The van der Waals surface area contributed by atoms with Crippen LogP contribution in [-0.4, -0.2) is 11.5 Å². The summed E-state index contributed by atoms with van der Waals surface area (Å²) < 4.78 is 12.9. The average Bonchev–Trinajstić information content (AvgIpc) is 2.69. The Kier molecular flexibility index (Phi) is 5.71. The number of para-hydroxylation sites is 1. The Morgan fingerprint density at radius 2 is 1.25 bits per heavy atom. The van der Waals surface area contributed by atoms with Crippen LogP contribution >= 0.6 is 7.28 Å². The van der Waals surface area contributed by atoms with Crippen molar-refractivity contribution in [3.8, 4) is 5.75 Å². The number of benzene rings is 3. The molecule has 0 saturated heterocycles. The van der Waals surface area contributed by atoms with E-state index in [-0.39, 0.29) is 6.61 Å². The van der Waals surface area contributed by atoms with Crippen LogP contribution in [0.2, 0.25) is 0 Å². The van der Waals surface area contributed by atoms with Crippen LogP contribution in [0.4, 0.5) is 0 Å². The molecule has 0 aliphatic carbocycles. The van der Waals surface area contributed by atoms with Crippen molar-refractivity contribution in [2.24, 2.45) is 0 Å². The Morgan fingerprint density at radius 3 is 1.71 bits per heavy atom. The van der Waals surface area contributed by atoms with Crippen LogP contribution in [0, 0.1) is 20.8 Å². The molecule has 0 amide bonds. The fraction of sp³-hybridized carbons (Fsp3) is 0.167. The van der Waals surface area contributed by atoms with E-state index in [4.69, 9.17) is 9.05 Å². The Hall–Kier alpha value is -2.45. The molecule has 1 N–H and O–H groups in total. The number of aryl methyl sites for hydroxylation is 3. The van der Waals surface area contributed by atoms with Crippen molar-refractivity contribution in [1.82, 2.24) is 0 Å². The summed E-state index contributed by atoms with van der Waals surface area (Å²) in [5.74, 6) is 0.596. The van der Waals surface area contributed by atoms with Crippen molar-refractivity contribution in [3.63, 3.8) is 0 Å². The van der Waals surface area contributed by atoms with Crippen molar-refractivity contribution < 1.29 is 13.9 Å². The van der Waals surface area contributed by atoms with Gasteiger partial charge in [-0.2, -0.15) is 0 Å². The standard InChI is InChI=1S/C24H27O3P/c1-5-18-26-28(25,23-16-10-7-13-20(23)3,24-17-11-8-14-21(24)4)27-22-15-9-6-12-19(22)2/h5-17,25H,1,18H2,2-4H3. The summed E-state index contributed by atoms with van der Waals surface area (Å²) in [6, 6.07) is 23.1. The van der Waals surface area contributed by atoms with Crippen LogP contribution in [0.15, 0.2) is 85.5 Å². The van der Waals surface area contributed by atoms with E-state index < -0.39 is 7.28 Å². The van der Waals surface area contributed by atoms with Gasteiger partial charge in [0.2, 0.25) is 0 Å². The molecule has 0 spiro atoms. The first-order chi connectivity index (χ1) is 13.4. The monoisotopic (exact) mass is 394 g/mol. The second-order valence-electron chi connectivity index (χ2n) is 6.93. The van der Waals surface area contributed by atoms with Gasteiger partial charge in [-0.25, -0.2) is 0 Å². The quantitative estimate of drug-likeness (QED) is 0.446. The molecular formula is C24H27O3P. The zero-order valence-corrected chi connectivity index (χ0v) is 17.5. The van der Waals surface area contributed by atoms with Crippen molar-refractivity contribution >= 4 is 17.9 Å². The van der Waals surface area contributed by atoms with Gasteiger partial charge in [-0.3, -0.25) is 0 Å². The molecule has 0 aromatic heterocycles. The van der Waals surface area contributed by atoms with Crippen LogP contribution < -0.4 is 15.1 Å². The minimum absolute atomic E-state index is 0.156. The summed E-state index contributed by atoms with van der Waals surface area (Å²) in [6.45, 7) is 9.82. The van der Waals surface area contributed by atoms with E-state index in [0.717, 1.165) is 16.7 Å². The molecule has 3 aromatic carbocycles. The van der Waals surface area contributed by atoms with Crippen LogP contribution in [0.5, 0.6) is 5.75 Å². The zero-order chi connectivity index (χ0) is 20.2. The molecule has 0 radical (unpaired) electrons. The Labute approximate surface area is 167 Å². The van der Waals surface area contributed by atoms with Gasteiger partial charge in [0.05, 0.1) is 0 Å². The summed E-state index contributed by atoms with van der Waals surface area (Å²) in [5, 5.41) is 1.32. The van der Waals surface area contributed by atoms with Gasteiger partial charge in [-0.05, 0) is 0 Å². The van der Waals surface area contributed by atoms with E-state index in [1.165, 1.54) is 0 Å². The zero-order valence-electron chi connectivity index (χ0n) is 16.6. The minimum atomic E-state index is -4.52. The molecule has 4 heteroatoms. The maximum atomic E-state index is 12.6. The van der Waals surface area contributed by atoms with Crippen LogP contribution in [-0.2, 0) is 4.52 Å². The first kappa shape index (κ1) is 20.3. The Bertz CT molecular complexity index is 951. The summed E-state index contributed by atoms with van der Waals surface area (Å²) >= 11 is 0. The van der Waals surface area contributed by atoms with Crippen LogP contribution in [0.3, 0.4) is 0 Å². The number of rotatable bonds is 7. The molecular weight excluding hydrogens is 367 g/mol. The van der Waals surface area contributed by atoms with Gasteiger partial charge in [0, 0.05) is 0 Å². The average molecular weight is 394 g/mol. The van der Waals surface area contributed by atoms with Gasteiger partial charge in [-0.1, -0.05) is 0 Å². The topological polar surface area (TPSA) is 38.7 Å². The van der Waals surface area contributed by atoms with Gasteiger partial charge in [0.25, 0.3) is 0 Å². The molecule has 0 heterocycles. The maximum absolute atomic E-state index is 12.6. The Morgan fingerprint density at radius 1 is 0.786 bits per heavy atom. The summed E-state index contributed by atoms with van der Waals surface area (Å²) in [5.41, 5.74) is 2.74. The fourth-order valence-electron chi connectivity index (χ4n) is 3.44. The van der Waals surface area contributed by atoms with E-state index in [1.807, 2.05) is 93.6 Å². The molecule has 3 aromatic rings. The SMILES string of the molecule is C=CCOP(O)(Oc1ccccc1C)(c1ccccc1C)c1ccccc1C. The van der Waals surface area contributed by atoms with E-state index in [2.05, 4.69) is 6.58 Å². The molecule has 0 aliphatic heterocycles. The first-order valence-electron chi connectivity index (χ1n) is 9.30. The third-order valence-corrected chi connectivity index (χ3v) is 8.74. The number of hydrogen-bond acceptors (Lipinski definition) is 3. The van der Waals surface area contributed by atoms with Crippen LogP contribution in [0.1, 0.15) is 16.7 Å². The van der Waals surface area contributed by atoms with Gasteiger partial charge >= 0.3 is 167 Å². The molecule has 0 bridgehead atoms. The van der Waals surface area contributed by atoms with Gasteiger partial charge in [0.1, 0.15) is 0 Å². The molecule has 3 rings (SSSR count). The molecule has 0 saturated carbocycles. The fourth-order valence-corrected chi connectivity index (χ4v) is 7.27. The van der Waals surface area contributed by atoms with Gasteiger partial charge in [0.15, 0.2) is 0 Å². The van der Waals surface area contributed by atoms with E-state index in [1.54, 1.807) is 6.08 Å². The van der Waals surface area contributed by atoms with Gasteiger partial charge < -0.3 is 0 Å². The normalized spacial score (nSPS) is 12.8. The molecule has 28 heavy (non-hydrogen) atoms. The van der Waals surface area contributed by atoms with Crippen molar-refractivity contribution in [3.05, 3.63) is 102 Å². The van der Waals surface area contributed by atoms with Crippen molar-refractivity contribution in [2.75, 3.05) is 6.61 Å². The predicted octanol–water partition coefficient (Wildman–Crippen LogP) is 5.13. The van der Waals surface area contributed by atoms with Crippen molar-refractivity contribution in [1.29, 1.82) is 0 Å². The molecule has 3 nitrogen and oxygen atoms in total.